The molecule has 0 aliphatic carbocycles. The number of aliphatic hydroxyl groups is 2. The predicted molar refractivity (Wildman–Crippen MR) is 98.9 cm³/mol. The lowest BCUT2D eigenvalue weighted by molar-refractivity contribution is 0.202. The summed E-state index contributed by atoms with van der Waals surface area (Å²) in [5, 5.41) is 21.5. The van der Waals surface area contributed by atoms with Crippen molar-refractivity contribution in [3.05, 3.63) is 68.6 Å². The summed E-state index contributed by atoms with van der Waals surface area (Å²) in [6, 6.07) is 3.65. The molecule has 0 aromatic carbocycles. The number of rotatable bonds is 4. The lowest BCUT2D eigenvalue weighted by Gasteiger charge is -2.11. The Morgan fingerprint density at radius 2 is 0.960 bits per heavy atom. The van der Waals surface area contributed by atoms with Gasteiger partial charge in [0, 0.05) is 11.4 Å². The summed E-state index contributed by atoms with van der Waals surface area (Å²) in [6.45, 7) is 12.1. The number of aryl methyl sites for hydroxylation is 2. The van der Waals surface area contributed by atoms with Gasteiger partial charge in [0.05, 0.1) is 22.8 Å². The molecule has 134 valence electrons. The first kappa shape index (κ1) is 17.6. The molecule has 0 fully saturated rings. The number of aliphatic hydroxyl groups excluding tert-OH is 2. The van der Waals surface area contributed by atoms with Gasteiger partial charge in [-0.1, -0.05) is 0 Å². The fraction of sp³-hybridized carbons (Fsp3) is 0.400. The maximum atomic E-state index is 10.7. The van der Waals surface area contributed by atoms with E-state index in [4.69, 9.17) is 0 Å². The van der Waals surface area contributed by atoms with Gasteiger partial charge in [0.2, 0.25) is 0 Å². The third-order valence-electron chi connectivity index (χ3n) is 5.57. The lowest BCUT2D eigenvalue weighted by Crippen LogP contribution is -2.06. The average molecular weight is 341 g/mol. The van der Waals surface area contributed by atoms with Gasteiger partial charge in [-0.15, -0.1) is 0 Å². The first-order valence-electron chi connectivity index (χ1n) is 8.58. The molecule has 0 radical (unpaired) electrons. The lowest BCUT2D eigenvalue weighted by atomic mass is 10.1. The molecule has 3 rings (SSSR count). The van der Waals surface area contributed by atoms with Crippen LogP contribution in [0.5, 0.6) is 0 Å². The minimum absolute atomic E-state index is 0.663. The second kappa shape index (κ2) is 6.24. The summed E-state index contributed by atoms with van der Waals surface area (Å²) in [5.41, 5.74) is 9.48. The van der Waals surface area contributed by atoms with Crippen LogP contribution in [0.15, 0.2) is 12.1 Å². The van der Waals surface area contributed by atoms with Gasteiger partial charge in [-0.25, -0.2) is 0 Å². The molecule has 0 spiro atoms. The predicted octanol–water partition coefficient (Wildman–Crippen LogP) is 3.68. The summed E-state index contributed by atoms with van der Waals surface area (Å²) in [5.74, 6) is 0. The molecule has 2 unspecified atom stereocenters. The molecule has 5 nitrogen and oxygen atoms in total. The van der Waals surface area contributed by atoms with Crippen LogP contribution in [-0.2, 0) is 0 Å². The van der Waals surface area contributed by atoms with Crippen molar-refractivity contribution in [1.29, 1.82) is 0 Å². The van der Waals surface area contributed by atoms with Gasteiger partial charge in [-0.3, -0.25) is 0 Å². The van der Waals surface area contributed by atoms with E-state index in [9.17, 15) is 10.2 Å². The zero-order valence-corrected chi connectivity index (χ0v) is 15.7. The topological polar surface area (TPSA) is 87.8 Å². The van der Waals surface area contributed by atoms with Crippen molar-refractivity contribution in [1.82, 2.24) is 15.0 Å². The van der Waals surface area contributed by atoms with E-state index in [1.807, 2.05) is 53.7 Å². The van der Waals surface area contributed by atoms with E-state index in [2.05, 4.69) is 15.0 Å². The summed E-state index contributed by atoms with van der Waals surface area (Å²) in [4.78, 5) is 9.71. The van der Waals surface area contributed by atoms with E-state index < -0.39 is 12.2 Å². The number of hydrogen-bond donors (Lipinski definition) is 5. The molecule has 0 saturated heterocycles. The molecule has 0 aliphatic rings. The maximum absolute atomic E-state index is 10.7. The molecule has 5 heteroatoms. The van der Waals surface area contributed by atoms with Crippen LogP contribution < -0.4 is 0 Å². The zero-order chi connectivity index (χ0) is 18.5. The number of aromatic amines is 3. The van der Waals surface area contributed by atoms with E-state index in [-0.39, 0.29) is 0 Å². The molecule has 0 saturated carbocycles. The zero-order valence-electron chi connectivity index (χ0n) is 15.7. The molecule has 0 aliphatic heterocycles. The van der Waals surface area contributed by atoms with Crippen molar-refractivity contribution in [3.63, 3.8) is 0 Å². The summed E-state index contributed by atoms with van der Waals surface area (Å²) in [7, 11) is 0. The van der Waals surface area contributed by atoms with Crippen LogP contribution in [0.25, 0.3) is 0 Å². The van der Waals surface area contributed by atoms with Crippen molar-refractivity contribution in [2.75, 3.05) is 0 Å². The van der Waals surface area contributed by atoms with Crippen LogP contribution in [0.3, 0.4) is 0 Å². The number of H-pyrrole nitrogens is 3. The fourth-order valence-electron chi connectivity index (χ4n) is 3.35. The summed E-state index contributed by atoms with van der Waals surface area (Å²) >= 11 is 0. The molecule has 3 aromatic rings. The Bertz CT molecular complexity index is 841. The van der Waals surface area contributed by atoms with Gasteiger partial charge < -0.3 is 25.2 Å². The van der Waals surface area contributed by atoms with Crippen LogP contribution in [0.4, 0.5) is 0 Å². The first-order chi connectivity index (χ1) is 11.7. The summed E-state index contributed by atoms with van der Waals surface area (Å²) in [6.07, 6.45) is -1.55. The Morgan fingerprint density at radius 3 is 1.24 bits per heavy atom. The molecular formula is C20H27N3O2. The molecule has 3 aromatic heterocycles. The minimum Gasteiger partial charge on any atom is -0.381 e. The monoisotopic (exact) mass is 341 g/mol. The van der Waals surface area contributed by atoms with Crippen LogP contribution in [0.2, 0.25) is 0 Å². The SMILES string of the molecule is Cc1[nH]c(C(O)c2ccc(C(O)c3[nH]c(C)c(C)c3C)[nH]2)c(C)c1C. The van der Waals surface area contributed by atoms with E-state index in [1.54, 1.807) is 0 Å². The standard InChI is InChI=1S/C20H27N3O2/c1-9-11(3)17(21-13(9)5)19(24)15-7-8-16(23-15)20(25)18-12(4)10(2)14(6)22-18/h7-8,19-25H,1-6H3. The van der Waals surface area contributed by atoms with E-state index in [0.29, 0.717) is 11.4 Å². The second-order valence-electron chi connectivity index (χ2n) is 7.00. The van der Waals surface area contributed by atoms with Crippen LogP contribution in [0, 0.1) is 41.5 Å². The molecule has 25 heavy (non-hydrogen) atoms. The third kappa shape index (κ3) is 2.83. The Kier molecular flexibility index (Phi) is 4.39. The van der Waals surface area contributed by atoms with Crippen LogP contribution >= 0.6 is 0 Å². The highest BCUT2D eigenvalue weighted by atomic mass is 16.3. The second-order valence-corrected chi connectivity index (χ2v) is 7.00. The minimum atomic E-state index is -0.776. The first-order valence-corrected chi connectivity index (χ1v) is 8.58. The van der Waals surface area contributed by atoms with Gasteiger partial charge in [0.1, 0.15) is 12.2 Å². The normalized spacial score (nSPS) is 14.1. The van der Waals surface area contributed by atoms with Crippen molar-refractivity contribution in [3.8, 4) is 0 Å². The van der Waals surface area contributed by atoms with Gasteiger partial charge in [0.15, 0.2) is 0 Å². The maximum Gasteiger partial charge on any atom is 0.134 e. The molecule has 5 N–H and O–H groups in total. The van der Waals surface area contributed by atoms with Gasteiger partial charge in [0.25, 0.3) is 0 Å². The van der Waals surface area contributed by atoms with E-state index >= 15 is 0 Å². The van der Waals surface area contributed by atoms with Crippen molar-refractivity contribution < 1.29 is 10.2 Å². The highest BCUT2D eigenvalue weighted by Crippen LogP contribution is 2.30. The molecule has 0 amide bonds. The van der Waals surface area contributed by atoms with Gasteiger partial charge >= 0.3 is 0 Å². The van der Waals surface area contributed by atoms with E-state index in [1.165, 1.54) is 0 Å². The molecule has 0 bridgehead atoms. The Morgan fingerprint density at radius 1 is 0.600 bits per heavy atom. The highest BCUT2D eigenvalue weighted by Gasteiger charge is 2.22. The van der Waals surface area contributed by atoms with Crippen molar-refractivity contribution >= 4 is 0 Å². The van der Waals surface area contributed by atoms with Crippen LogP contribution in [0.1, 0.15) is 68.6 Å². The Balaban J connectivity index is 1.91. The van der Waals surface area contributed by atoms with Gasteiger partial charge in [-0.05, 0) is 75.9 Å². The smallest absolute Gasteiger partial charge is 0.134 e. The Labute approximate surface area is 148 Å². The summed E-state index contributed by atoms with van der Waals surface area (Å²) < 4.78 is 0. The average Bonchev–Trinajstić information content (AvgIpc) is 3.24. The van der Waals surface area contributed by atoms with Gasteiger partial charge in [-0.2, -0.15) is 0 Å². The van der Waals surface area contributed by atoms with Crippen molar-refractivity contribution in [2.24, 2.45) is 0 Å². The Hall–Kier alpha value is -2.24. The quantitative estimate of drug-likeness (QED) is 0.501. The van der Waals surface area contributed by atoms with Crippen LogP contribution in [-0.4, -0.2) is 25.2 Å². The van der Waals surface area contributed by atoms with E-state index in [0.717, 1.165) is 45.0 Å². The highest BCUT2D eigenvalue weighted by molar-refractivity contribution is 5.40. The number of nitrogens with one attached hydrogen (secondary N) is 3. The van der Waals surface area contributed by atoms with Crippen molar-refractivity contribution in [2.45, 2.75) is 53.8 Å². The number of hydrogen-bond acceptors (Lipinski definition) is 2. The molecule has 3 heterocycles. The largest absolute Gasteiger partial charge is 0.381 e. The fourth-order valence-corrected chi connectivity index (χ4v) is 3.35. The molecule has 2 atom stereocenters. The third-order valence-corrected chi connectivity index (χ3v) is 5.57. The molecular weight excluding hydrogens is 314 g/mol. The number of aromatic nitrogens is 3.